The van der Waals surface area contributed by atoms with Crippen LogP contribution in [-0.2, 0) is 28.5 Å². The number of nitrogen functional groups attached to an aromatic ring is 1. The minimum Gasteiger partial charge on any atom is -0.453 e. The Morgan fingerprint density at radius 1 is 0.896 bits per heavy atom. The second-order valence-corrected chi connectivity index (χ2v) is 14.9. The number of carbonyl (C=O) groups is 2. The fourth-order valence-electron chi connectivity index (χ4n) is 5.30. The summed E-state index contributed by atoms with van der Waals surface area (Å²) in [6.45, 7) is 3.20. The molecule has 3 rings (SSSR count). The monoisotopic (exact) mass is 704 g/mol. The van der Waals surface area contributed by atoms with Crippen LogP contribution < -0.4 is 21.7 Å². The van der Waals surface area contributed by atoms with Gasteiger partial charge in [-0.3, -0.25) is 14.6 Å². The molecule has 3 atom stereocenters. The van der Waals surface area contributed by atoms with Gasteiger partial charge in [-0.2, -0.15) is 0 Å². The van der Waals surface area contributed by atoms with Gasteiger partial charge in [0.2, 0.25) is 5.91 Å². The normalized spacial score (nSPS) is 13.9. The van der Waals surface area contributed by atoms with E-state index in [9.17, 15) is 32.4 Å². The number of methoxy groups -OCH3 is 1. The molecule has 0 saturated heterocycles. The SMILES string of the molecule is COC(=O)N[C@H](C(=O)NCCCC[C@@H](COP(=O)(O)O)NC(C(C)C)S(=O)(=O)c1ccc(N)cc1)C(c1ccccc1)c1ccccc1. The molecule has 0 radical (unpaired) electrons. The van der Waals surface area contributed by atoms with Crippen molar-refractivity contribution in [2.24, 2.45) is 5.92 Å². The van der Waals surface area contributed by atoms with E-state index in [-0.39, 0.29) is 17.9 Å². The van der Waals surface area contributed by atoms with E-state index >= 15 is 0 Å². The lowest BCUT2D eigenvalue weighted by atomic mass is 9.84. The molecule has 7 N–H and O–H groups in total. The number of carbonyl (C=O) groups excluding carboxylic acids is 2. The molecule has 15 heteroatoms. The Balaban J connectivity index is 1.71. The standard InChI is InChI=1S/C33H45N4O9PS/c1-23(2)32(48(43,44)28-19-17-26(34)18-20-28)36-27(22-46-47(40,41)42)16-10-11-21-35-31(38)30(37-33(39)45-3)29(24-12-6-4-7-13-24)25-14-8-5-9-15-25/h4-9,12-15,17-20,23,27,29-30,32,36H,10-11,16,21-22,34H2,1-3H3,(H,35,38)(H,37,39)(H2,40,41,42)/t27-,30-,32?/m0/s1. The van der Waals surface area contributed by atoms with Crippen molar-refractivity contribution in [2.45, 2.75) is 61.4 Å². The summed E-state index contributed by atoms with van der Waals surface area (Å²) in [5.41, 5.74) is 7.76. The maximum Gasteiger partial charge on any atom is 0.469 e. The van der Waals surface area contributed by atoms with Crippen molar-refractivity contribution in [3.8, 4) is 0 Å². The molecule has 0 aromatic heterocycles. The van der Waals surface area contributed by atoms with Crippen molar-refractivity contribution in [3.63, 3.8) is 0 Å². The molecule has 13 nitrogen and oxygen atoms in total. The Hall–Kier alpha value is -3.78. The van der Waals surface area contributed by atoms with Gasteiger partial charge in [0.25, 0.3) is 0 Å². The number of benzene rings is 3. The summed E-state index contributed by atoms with van der Waals surface area (Å²) in [5, 5.41) is 7.51. The van der Waals surface area contributed by atoms with Crippen molar-refractivity contribution >= 4 is 35.3 Å². The first-order chi connectivity index (χ1) is 22.7. The zero-order valence-corrected chi connectivity index (χ0v) is 28.9. The van der Waals surface area contributed by atoms with Crippen molar-refractivity contribution in [1.82, 2.24) is 16.0 Å². The van der Waals surface area contributed by atoms with Crippen molar-refractivity contribution in [2.75, 3.05) is 26.0 Å². The highest BCUT2D eigenvalue weighted by atomic mass is 32.2. The summed E-state index contributed by atoms with van der Waals surface area (Å²) in [6, 6.07) is 22.7. The van der Waals surface area contributed by atoms with Crippen molar-refractivity contribution in [1.29, 1.82) is 0 Å². The average Bonchev–Trinajstić information content (AvgIpc) is 3.05. The van der Waals surface area contributed by atoms with E-state index in [0.29, 0.717) is 18.5 Å². The molecule has 0 heterocycles. The van der Waals surface area contributed by atoms with Crippen LogP contribution in [0, 0.1) is 5.92 Å². The Morgan fingerprint density at radius 3 is 1.96 bits per heavy atom. The fourth-order valence-corrected chi connectivity index (χ4v) is 7.57. The van der Waals surface area contributed by atoms with Gasteiger partial charge in [-0.25, -0.2) is 17.8 Å². The smallest absolute Gasteiger partial charge is 0.453 e. The number of ether oxygens (including phenoxy) is 1. The number of amides is 2. The molecule has 48 heavy (non-hydrogen) atoms. The minimum absolute atomic E-state index is 0.0553. The minimum atomic E-state index is -4.84. The third-order valence-electron chi connectivity index (χ3n) is 7.66. The maximum absolute atomic E-state index is 13.6. The summed E-state index contributed by atoms with van der Waals surface area (Å²) in [5.74, 6) is -1.38. The molecule has 0 saturated carbocycles. The second-order valence-electron chi connectivity index (χ2n) is 11.6. The van der Waals surface area contributed by atoms with E-state index in [4.69, 9.17) is 15.0 Å². The first-order valence-electron chi connectivity index (χ1n) is 15.5. The number of unbranched alkanes of at least 4 members (excludes halogenated alkanes) is 1. The van der Waals surface area contributed by atoms with Gasteiger partial charge >= 0.3 is 13.9 Å². The third-order valence-corrected chi connectivity index (χ3v) is 10.4. The summed E-state index contributed by atoms with van der Waals surface area (Å²) in [6.07, 6.45) is 0.380. The fraction of sp³-hybridized carbons (Fsp3) is 0.394. The predicted molar refractivity (Wildman–Crippen MR) is 183 cm³/mol. The van der Waals surface area contributed by atoms with Crippen LogP contribution in [0.25, 0.3) is 0 Å². The molecular formula is C33H45N4O9PS. The van der Waals surface area contributed by atoms with Crippen LogP contribution in [0.1, 0.15) is 50.2 Å². The van der Waals surface area contributed by atoms with Crippen LogP contribution in [0.4, 0.5) is 10.5 Å². The van der Waals surface area contributed by atoms with Crippen LogP contribution >= 0.6 is 7.82 Å². The molecular weight excluding hydrogens is 659 g/mol. The number of nitrogens with one attached hydrogen (secondary N) is 3. The van der Waals surface area contributed by atoms with Gasteiger partial charge in [0.1, 0.15) is 11.4 Å². The molecule has 3 aromatic rings. The van der Waals surface area contributed by atoms with E-state index in [1.165, 1.54) is 31.4 Å². The molecule has 262 valence electrons. The van der Waals surface area contributed by atoms with E-state index in [1.807, 2.05) is 60.7 Å². The highest BCUT2D eigenvalue weighted by Gasteiger charge is 2.34. The van der Waals surface area contributed by atoms with Gasteiger partial charge in [-0.05, 0) is 54.2 Å². The molecule has 2 amide bonds. The van der Waals surface area contributed by atoms with E-state index in [0.717, 1.165) is 11.1 Å². The number of nitrogens with two attached hydrogens (primary N) is 1. The van der Waals surface area contributed by atoms with Crippen LogP contribution in [0.3, 0.4) is 0 Å². The van der Waals surface area contributed by atoms with Gasteiger partial charge in [0.15, 0.2) is 9.84 Å². The molecule has 0 aliphatic rings. The van der Waals surface area contributed by atoms with E-state index in [2.05, 4.69) is 16.0 Å². The number of rotatable bonds is 18. The maximum atomic E-state index is 13.6. The first kappa shape index (κ1) is 38.7. The average molecular weight is 705 g/mol. The Kier molecular flexibility index (Phi) is 14.6. The quantitative estimate of drug-likeness (QED) is 0.0635. The molecule has 0 aliphatic heterocycles. The van der Waals surface area contributed by atoms with Crippen molar-refractivity contribution in [3.05, 3.63) is 96.1 Å². The predicted octanol–water partition coefficient (Wildman–Crippen LogP) is 3.94. The largest absolute Gasteiger partial charge is 0.469 e. The number of alkyl carbamates (subject to hydrolysis) is 1. The molecule has 1 unspecified atom stereocenters. The second kappa shape index (κ2) is 18.1. The lowest BCUT2D eigenvalue weighted by Crippen LogP contribution is -2.50. The zero-order valence-electron chi connectivity index (χ0n) is 27.2. The number of hydrogen-bond acceptors (Lipinski definition) is 9. The summed E-state index contributed by atoms with van der Waals surface area (Å²) in [4.78, 5) is 44.7. The third kappa shape index (κ3) is 11.7. The van der Waals surface area contributed by atoms with Crippen LogP contribution in [0.15, 0.2) is 89.8 Å². The number of hydrogen-bond donors (Lipinski definition) is 6. The van der Waals surface area contributed by atoms with Gasteiger partial charge in [-0.1, -0.05) is 80.9 Å². The summed E-state index contributed by atoms with van der Waals surface area (Å²) >= 11 is 0. The molecule has 0 spiro atoms. The molecule has 3 aromatic carbocycles. The van der Waals surface area contributed by atoms with Gasteiger partial charge in [0.05, 0.1) is 18.6 Å². The molecule has 0 bridgehead atoms. The first-order valence-corrected chi connectivity index (χ1v) is 18.6. The highest BCUT2D eigenvalue weighted by Crippen LogP contribution is 2.36. The Labute approximate surface area is 281 Å². The zero-order chi connectivity index (χ0) is 35.3. The Morgan fingerprint density at radius 2 is 1.46 bits per heavy atom. The highest BCUT2D eigenvalue weighted by molar-refractivity contribution is 7.92. The number of phosphoric ester groups is 1. The van der Waals surface area contributed by atoms with Gasteiger partial charge in [-0.15, -0.1) is 0 Å². The van der Waals surface area contributed by atoms with Crippen LogP contribution in [-0.4, -0.2) is 67.9 Å². The van der Waals surface area contributed by atoms with E-state index in [1.54, 1.807) is 13.8 Å². The van der Waals surface area contributed by atoms with Gasteiger partial charge in [0, 0.05) is 24.2 Å². The summed E-state index contributed by atoms with van der Waals surface area (Å²) in [7, 11) is -7.53. The van der Waals surface area contributed by atoms with Gasteiger partial charge < -0.3 is 30.9 Å². The summed E-state index contributed by atoms with van der Waals surface area (Å²) < 4.78 is 48.1. The van der Waals surface area contributed by atoms with Crippen molar-refractivity contribution < 1.29 is 41.6 Å². The Bertz CT molecular complexity index is 1570. The molecule has 0 fully saturated rings. The van der Waals surface area contributed by atoms with E-state index < -0.39 is 65.6 Å². The number of anilines is 1. The number of phosphoric acid groups is 1. The molecule has 0 aliphatic carbocycles. The van der Waals surface area contributed by atoms with Crippen LogP contribution in [0.2, 0.25) is 0 Å². The lowest BCUT2D eigenvalue weighted by molar-refractivity contribution is -0.123. The van der Waals surface area contributed by atoms with Crippen LogP contribution in [0.5, 0.6) is 0 Å². The topological polar surface area (TPSA) is 206 Å². The number of sulfone groups is 1. The lowest BCUT2D eigenvalue weighted by Gasteiger charge is -2.29.